The van der Waals surface area contributed by atoms with Crippen LogP contribution < -0.4 is 10.3 Å². The third kappa shape index (κ3) is 4.83. The van der Waals surface area contributed by atoms with Gasteiger partial charge in [0.15, 0.2) is 5.82 Å². The summed E-state index contributed by atoms with van der Waals surface area (Å²) in [6.45, 7) is 6.36. The summed E-state index contributed by atoms with van der Waals surface area (Å²) in [5, 5.41) is 14.1. The molecule has 1 saturated carbocycles. The number of aromatic amines is 1. The molecule has 0 amide bonds. The van der Waals surface area contributed by atoms with E-state index in [1.807, 2.05) is 41.9 Å². The molecule has 198 valence electrons. The van der Waals surface area contributed by atoms with Crippen LogP contribution in [0.25, 0.3) is 10.9 Å². The predicted octanol–water partition coefficient (Wildman–Crippen LogP) is 3.85. The van der Waals surface area contributed by atoms with Gasteiger partial charge in [0.05, 0.1) is 18.7 Å². The topological polar surface area (TPSA) is 92.2 Å². The highest BCUT2D eigenvalue weighted by atomic mass is 16.5. The summed E-state index contributed by atoms with van der Waals surface area (Å²) in [7, 11) is 1.69. The Balaban J connectivity index is 1.31. The van der Waals surface area contributed by atoms with Crippen molar-refractivity contribution in [2.24, 2.45) is 0 Å². The lowest BCUT2D eigenvalue weighted by molar-refractivity contribution is 0.0989. The molecular weight excluding hydrogens is 478 g/mol. The normalized spacial score (nSPS) is 18.3. The summed E-state index contributed by atoms with van der Waals surface area (Å²) >= 11 is 0. The van der Waals surface area contributed by atoms with Crippen LogP contribution in [0.1, 0.15) is 60.3 Å². The van der Waals surface area contributed by atoms with E-state index in [1.165, 1.54) is 18.4 Å². The number of aromatic nitrogens is 5. The fraction of sp³-hybridized carbons (Fsp3) is 0.448. The number of H-pyrrole nitrogens is 1. The third-order valence-electron chi connectivity index (χ3n) is 8.18. The van der Waals surface area contributed by atoms with Crippen molar-refractivity contribution in [3.05, 3.63) is 81.4 Å². The van der Waals surface area contributed by atoms with E-state index in [4.69, 9.17) is 4.74 Å². The number of tetrazole rings is 1. The average molecular weight is 514 g/mol. The maximum Gasteiger partial charge on any atom is 0.253 e. The summed E-state index contributed by atoms with van der Waals surface area (Å²) in [4.78, 5) is 21.6. The van der Waals surface area contributed by atoms with Crippen LogP contribution in [0.15, 0.2) is 53.3 Å². The van der Waals surface area contributed by atoms with Crippen LogP contribution in [0.2, 0.25) is 0 Å². The van der Waals surface area contributed by atoms with E-state index in [0.29, 0.717) is 11.6 Å². The third-order valence-corrected chi connectivity index (χ3v) is 8.18. The van der Waals surface area contributed by atoms with E-state index < -0.39 is 0 Å². The molecule has 0 radical (unpaired) electrons. The molecule has 1 N–H and O–H groups in total. The summed E-state index contributed by atoms with van der Waals surface area (Å²) in [5.41, 5.74) is 3.85. The first-order valence-electron chi connectivity index (χ1n) is 13.6. The van der Waals surface area contributed by atoms with Crippen LogP contribution in [0.3, 0.4) is 0 Å². The Kier molecular flexibility index (Phi) is 6.95. The Bertz CT molecular complexity index is 1450. The number of pyridine rings is 1. The number of ether oxygens (including phenoxy) is 1. The van der Waals surface area contributed by atoms with Crippen molar-refractivity contribution in [2.75, 3.05) is 33.3 Å². The molecule has 9 nitrogen and oxygen atoms in total. The van der Waals surface area contributed by atoms with Gasteiger partial charge in [0.2, 0.25) is 0 Å². The Labute approximate surface area is 222 Å². The van der Waals surface area contributed by atoms with Crippen LogP contribution in [0.4, 0.5) is 0 Å². The average Bonchev–Trinajstić information content (AvgIpc) is 3.64. The molecule has 1 aliphatic carbocycles. The molecular formula is C29H35N7O2. The van der Waals surface area contributed by atoms with Crippen LogP contribution in [-0.4, -0.2) is 68.3 Å². The van der Waals surface area contributed by atoms with Crippen molar-refractivity contribution in [1.82, 2.24) is 35.0 Å². The van der Waals surface area contributed by atoms with E-state index in [2.05, 4.69) is 48.5 Å². The summed E-state index contributed by atoms with van der Waals surface area (Å²) in [6, 6.07) is 16.4. The second-order valence-corrected chi connectivity index (χ2v) is 10.6. The molecule has 1 atom stereocenters. The Morgan fingerprint density at radius 1 is 1.05 bits per heavy atom. The lowest BCUT2D eigenvalue weighted by Crippen LogP contribution is -2.48. The second kappa shape index (κ2) is 10.7. The Morgan fingerprint density at radius 2 is 1.82 bits per heavy atom. The van der Waals surface area contributed by atoms with Gasteiger partial charge in [-0.25, -0.2) is 4.68 Å². The lowest BCUT2D eigenvalue weighted by atomic mass is 10.0. The van der Waals surface area contributed by atoms with E-state index in [0.717, 1.165) is 73.6 Å². The van der Waals surface area contributed by atoms with Crippen molar-refractivity contribution < 1.29 is 4.74 Å². The molecule has 4 aromatic rings. The van der Waals surface area contributed by atoms with E-state index in [-0.39, 0.29) is 11.6 Å². The van der Waals surface area contributed by atoms with E-state index in [9.17, 15) is 4.79 Å². The van der Waals surface area contributed by atoms with Crippen molar-refractivity contribution in [1.29, 1.82) is 0 Å². The maximum absolute atomic E-state index is 13.6. The minimum absolute atomic E-state index is 0.0709. The van der Waals surface area contributed by atoms with Gasteiger partial charge in [-0.3, -0.25) is 14.6 Å². The molecule has 2 aliphatic rings. The highest BCUT2D eigenvalue weighted by molar-refractivity contribution is 5.82. The molecule has 1 aliphatic heterocycles. The molecule has 2 fully saturated rings. The van der Waals surface area contributed by atoms with E-state index >= 15 is 0 Å². The highest BCUT2D eigenvalue weighted by Crippen LogP contribution is 2.34. The molecule has 3 heterocycles. The Morgan fingerprint density at radius 3 is 2.55 bits per heavy atom. The number of aryl methyl sites for hydroxylation is 1. The molecule has 0 bridgehead atoms. The fourth-order valence-electron chi connectivity index (χ4n) is 6.06. The zero-order chi connectivity index (χ0) is 26.1. The van der Waals surface area contributed by atoms with Gasteiger partial charge in [-0.05, 0) is 64.9 Å². The number of hydrogen-bond acceptors (Lipinski definition) is 7. The van der Waals surface area contributed by atoms with Gasteiger partial charge in [-0.15, -0.1) is 5.10 Å². The van der Waals surface area contributed by atoms with Crippen molar-refractivity contribution in [3.8, 4) is 5.75 Å². The monoisotopic (exact) mass is 513 g/mol. The predicted molar refractivity (Wildman–Crippen MR) is 146 cm³/mol. The number of methoxy groups -OCH3 is 1. The molecule has 2 aromatic heterocycles. The number of nitrogens with zero attached hydrogens (tertiary/aromatic N) is 6. The number of piperazine rings is 1. The van der Waals surface area contributed by atoms with Crippen LogP contribution in [-0.2, 0) is 6.54 Å². The van der Waals surface area contributed by atoms with Crippen molar-refractivity contribution in [2.45, 2.75) is 51.2 Å². The molecule has 6 rings (SSSR count). The van der Waals surface area contributed by atoms with Gasteiger partial charge in [0.25, 0.3) is 5.56 Å². The van der Waals surface area contributed by atoms with Crippen molar-refractivity contribution in [3.63, 3.8) is 0 Å². The van der Waals surface area contributed by atoms with Crippen LogP contribution in [0, 0.1) is 6.92 Å². The lowest BCUT2D eigenvalue weighted by Gasteiger charge is -2.39. The number of nitrogens with one attached hydrogen (secondary N) is 1. The highest BCUT2D eigenvalue weighted by Gasteiger charge is 2.34. The maximum atomic E-state index is 13.6. The largest absolute Gasteiger partial charge is 0.497 e. The number of hydrogen-bond donors (Lipinski definition) is 1. The quantitative estimate of drug-likeness (QED) is 0.401. The zero-order valence-corrected chi connectivity index (χ0v) is 22.1. The fourth-order valence-corrected chi connectivity index (χ4v) is 6.06. The first kappa shape index (κ1) is 24.8. The van der Waals surface area contributed by atoms with Crippen molar-refractivity contribution >= 4 is 10.9 Å². The van der Waals surface area contributed by atoms with Gasteiger partial charge in [0.1, 0.15) is 11.8 Å². The Hall–Kier alpha value is -3.56. The minimum atomic E-state index is -0.303. The smallest absolute Gasteiger partial charge is 0.253 e. The van der Waals surface area contributed by atoms with Gasteiger partial charge in [-0.1, -0.05) is 43.2 Å². The molecule has 0 spiro atoms. The van der Waals surface area contributed by atoms with E-state index in [1.54, 1.807) is 7.11 Å². The number of rotatable bonds is 7. The molecule has 9 heteroatoms. The zero-order valence-electron chi connectivity index (χ0n) is 22.1. The number of para-hydroxylation sites is 1. The minimum Gasteiger partial charge on any atom is -0.497 e. The van der Waals surface area contributed by atoms with Crippen LogP contribution >= 0.6 is 0 Å². The summed E-state index contributed by atoms with van der Waals surface area (Å²) in [6.07, 6.45) is 4.53. The first-order valence-corrected chi connectivity index (χ1v) is 13.6. The number of fused-ring (bicyclic) bond motifs is 1. The van der Waals surface area contributed by atoms with Gasteiger partial charge < -0.3 is 9.72 Å². The van der Waals surface area contributed by atoms with Gasteiger partial charge in [-0.2, -0.15) is 0 Å². The van der Waals surface area contributed by atoms with Crippen LogP contribution in [0.5, 0.6) is 5.75 Å². The standard InChI is InChI=1S/C29H35N7O2/c1-20-6-5-7-22-18-25(29(37)30-26(20)22)27(28-31-32-33-36(28)23-8-3-4-9-23)35-16-14-34(15-17-35)19-21-10-12-24(38-2)13-11-21/h5-7,10-13,18,23,27H,3-4,8-9,14-17,19H2,1-2H3,(H,30,37). The molecule has 1 unspecified atom stereocenters. The summed E-state index contributed by atoms with van der Waals surface area (Å²) in [5.74, 6) is 1.65. The van der Waals surface area contributed by atoms with Gasteiger partial charge in [0, 0.05) is 38.3 Å². The second-order valence-electron chi connectivity index (χ2n) is 10.6. The first-order chi connectivity index (χ1) is 18.6. The molecule has 2 aromatic carbocycles. The molecule has 38 heavy (non-hydrogen) atoms. The number of benzene rings is 2. The van der Waals surface area contributed by atoms with Gasteiger partial charge >= 0.3 is 0 Å². The SMILES string of the molecule is COc1ccc(CN2CCN(C(c3cc4cccc(C)c4[nH]c3=O)c3nnnn3C3CCCC3)CC2)cc1. The molecule has 1 saturated heterocycles. The summed E-state index contributed by atoms with van der Waals surface area (Å²) < 4.78 is 7.30.